The molecule has 1 heterocycles. The van der Waals surface area contributed by atoms with Crippen LogP contribution in [0, 0.1) is 0 Å². The van der Waals surface area contributed by atoms with E-state index >= 15 is 0 Å². The molecule has 5 nitrogen and oxygen atoms in total. The molecule has 1 aromatic rings. The number of halogens is 1. The number of esters is 1. The first-order valence-corrected chi connectivity index (χ1v) is 6.11. The monoisotopic (exact) mass is 301 g/mol. The molecule has 0 bridgehead atoms. The van der Waals surface area contributed by atoms with Gasteiger partial charge in [0.1, 0.15) is 6.26 Å². The minimum Gasteiger partial charge on any atom is -0.457 e. The van der Waals surface area contributed by atoms with E-state index < -0.39 is 12.1 Å². The van der Waals surface area contributed by atoms with E-state index in [1.165, 1.54) is 12.3 Å². The minimum atomic E-state index is -0.795. The summed E-state index contributed by atoms with van der Waals surface area (Å²) in [7, 11) is 0. The van der Waals surface area contributed by atoms with Crippen molar-refractivity contribution in [2.45, 2.75) is 31.9 Å². The molecule has 1 aliphatic carbocycles. The number of carbonyl (C=O) groups is 2. The van der Waals surface area contributed by atoms with Crippen molar-refractivity contribution in [1.82, 2.24) is 5.32 Å². The maximum Gasteiger partial charge on any atom is 0.342 e. The van der Waals surface area contributed by atoms with Crippen LogP contribution in [0.15, 0.2) is 21.4 Å². The highest BCUT2D eigenvalue weighted by atomic mass is 79.9. The standard InChI is InChI=1S/C11H12BrNO4/c1-6(10(14)13-8-2-3-8)17-11(15)7-4-9(12)16-5-7/h4-6,8H,2-3H2,1H3,(H,13,14)/t6-/m1/s1. The second kappa shape index (κ2) is 4.91. The summed E-state index contributed by atoms with van der Waals surface area (Å²) in [6, 6.07) is 1.75. The number of furan rings is 1. The Morgan fingerprint density at radius 2 is 2.29 bits per heavy atom. The van der Waals surface area contributed by atoms with Crippen molar-refractivity contribution in [3.63, 3.8) is 0 Å². The smallest absolute Gasteiger partial charge is 0.342 e. The second-order valence-corrected chi connectivity index (χ2v) is 4.75. The number of nitrogens with one attached hydrogen (secondary N) is 1. The van der Waals surface area contributed by atoms with Gasteiger partial charge >= 0.3 is 5.97 Å². The highest BCUT2D eigenvalue weighted by molar-refractivity contribution is 9.10. The van der Waals surface area contributed by atoms with E-state index in [0.717, 1.165) is 12.8 Å². The normalized spacial score (nSPS) is 16.4. The Kier molecular flexibility index (Phi) is 3.51. The quantitative estimate of drug-likeness (QED) is 0.862. The highest BCUT2D eigenvalue weighted by Crippen LogP contribution is 2.19. The summed E-state index contributed by atoms with van der Waals surface area (Å²) in [6.45, 7) is 1.55. The Bertz CT molecular complexity index is 438. The molecule has 0 aromatic carbocycles. The fraction of sp³-hybridized carbons (Fsp3) is 0.455. The van der Waals surface area contributed by atoms with Crippen molar-refractivity contribution in [3.8, 4) is 0 Å². The van der Waals surface area contributed by atoms with Gasteiger partial charge in [0.05, 0.1) is 5.56 Å². The van der Waals surface area contributed by atoms with Crippen LogP contribution in [0.25, 0.3) is 0 Å². The molecule has 17 heavy (non-hydrogen) atoms. The zero-order chi connectivity index (χ0) is 12.4. The van der Waals surface area contributed by atoms with Gasteiger partial charge in [-0.1, -0.05) is 0 Å². The first-order chi connectivity index (χ1) is 8.06. The number of carbonyl (C=O) groups excluding carboxylic acids is 2. The topological polar surface area (TPSA) is 68.5 Å². The second-order valence-electron chi connectivity index (χ2n) is 3.97. The third kappa shape index (κ3) is 3.33. The predicted molar refractivity (Wildman–Crippen MR) is 62.5 cm³/mol. The Morgan fingerprint density at radius 1 is 1.59 bits per heavy atom. The van der Waals surface area contributed by atoms with E-state index in [1.807, 2.05) is 0 Å². The van der Waals surface area contributed by atoms with Gasteiger partial charge in [-0.25, -0.2) is 4.79 Å². The summed E-state index contributed by atoms with van der Waals surface area (Å²) in [5.74, 6) is -0.832. The zero-order valence-electron chi connectivity index (χ0n) is 9.23. The molecule has 1 atom stereocenters. The van der Waals surface area contributed by atoms with E-state index in [4.69, 9.17) is 9.15 Å². The molecule has 2 rings (SSSR count). The molecule has 0 unspecified atom stereocenters. The minimum absolute atomic E-state index is 0.256. The molecule has 0 saturated heterocycles. The van der Waals surface area contributed by atoms with Crippen molar-refractivity contribution < 1.29 is 18.7 Å². The van der Waals surface area contributed by atoms with Crippen LogP contribution in [-0.4, -0.2) is 24.0 Å². The van der Waals surface area contributed by atoms with E-state index in [0.29, 0.717) is 4.67 Å². The van der Waals surface area contributed by atoms with E-state index in [-0.39, 0.29) is 17.5 Å². The fourth-order valence-corrected chi connectivity index (χ4v) is 1.59. The van der Waals surface area contributed by atoms with Crippen molar-refractivity contribution >= 4 is 27.8 Å². The van der Waals surface area contributed by atoms with Crippen LogP contribution in [0.2, 0.25) is 0 Å². The van der Waals surface area contributed by atoms with Crippen molar-refractivity contribution in [2.75, 3.05) is 0 Å². The van der Waals surface area contributed by atoms with E-state index in [2.05, 4.69) is 21.2 Å². The van der Waals surface area contributed by atoms with Gasteiger partial charge in [-0.05, 0) is 35.7 Å². The largest absolute Gasteiger partial charge is 0.457 e. The van der Waals surface area contributed by atoms with Gasteiger partial charge in [0, 0.05) is 12.1 Å². The summed E-state index contributed by atoms with van der Waals surface area (Å²) in [6.07, 6.45) is 2.48. The lowest BCUT2D eigenvalue weighted by Crippen LogP contribution is -2.37. The van der Waals surface area contributed by atoms with Crippen LogP contribution < -0.4 is 5.32 Å². The molecular formula is C11H12BrNO4. The first kappa shape index (κ1) is 12.2. The van der Waals surface area contributed by atoms with Gasteiger partial charge in [-0.15, -0.1) is 0 Å². The Labute approximate surface area is 107 Å². The van der Waals surface area contributed by atoms with Gasteiger partial charge in [-0.2, -0.15) is 0 Å². The summed E-state index contributed by atoms with van der Waals surface area (Å²) in [5.41, 5.74) is 0.281. The Morgan fingerprint density at radius 3 is 2.82 bits per heavy atom. The molecule has 1 N–H and O–H groups in total. The van der Waals surface area contributed by atoms with Crippen LogP contribution in [0.1, 0.15) is 30.1 Å². The van der Waals surface area contributed by atoms with Crippen molar-refractivity contribution in [3.05, 3.63) is 22.6 Å². The van der Waals surface area contributed by atoms with E-state index in [1.54, 1.807) is 6.92 Å². The lowest BCUT2D eigenvalue weighted by atomic mass is 10.3. The molecule has 0 aliphatic heterocycles. The molecule has 1 fully saturated rings. The van der Waals surface area contributed by atoms with Crippen molar-refractivity contribution in [2.24, 2.45) is 0 Å². The van der Waals surface area contributed by atoms with Crippen LogP contribution in [-0.2, 0) is 9.53 Å². The van der Waals surface area contributed by atoms with Crippen molar-refractivity contribution in [1.29, 1.82) is 0 Å². The summed E-state index contributed by atoms with van der Waals surface area (Å²) < 4.78 is 10.4. The lowest BCUT2D eigenvalue weighted by Gasteiger charge is -2.12. The molecular weight excluding hydrogens is 290 g/mol. The Balaban J connectivity index is 1.86. The molecule has 0 spiro atoms. The van der Waals surface area contributed by atoms with Gasteiger partial charge in [0.15, 0.2) is 10.8 Å². The number of ether oxygens (including phenoxy) is 1. The van der Waals surface area contributed by atoms with Gasteiger partial charge in [0.25, 0.3) is 5.91 Å². The maximum atomic E-state index is 11.6. The van der Waals surface area contributed by atoms with Gasteiger partial charge in [0.2, 0.25) is 0 Å². The fourth-order valence-electron chi connectivity index (χ4n) is 1.25. The van der Waals surface area contributed by atoms with Gasteiger partial charge < -0.3 is 14.5 Å². The first-order valence-electron chi connectivity index (χ1n) is 5.31. The summed E-state index contributed by atoms with van der Waals surface area (Å²) >= 11 is 3.08. The molecule has 92 valence electrons. The highest BCUT2D eigenvalue weighted by Gasteiger charge is 2.27. The number of hydrogen-bond donors (Lipinski definition) is 1. The number of amides is 1. The molecule has 1 amide bonds. The summed E-state index contributed by atoms with van der Waals surface area (Å²) in [5, 5.41) is 2.77. The number of rotatable bonds is 4. The zero-order valence-corrected chi connectivity index (χ0v) is 10.8. The molecule has 1 aliphatic rings. The van der Waals surface area contributed by atoms with Gasteiger partial charge in [-0.3, -0.25) is 4.79 Å². The average Bonchev–Trinajstić information content (AvgIpc) is 2.97. The molecule has 1 aromatic heterocycles. The molecule has 0 radical (unpaired) electrons. The van der Waals surface area contributed by atoms with Crippen LogP contribution in [0.5, 0.6) is 0 Å². The van der Waals surface area contributed by atoms with Crippen LogP contribution in [0.4, 0.5) is 0 Å². The Hall–Kier alpha value is -1.30. The molecule has 1 saturated carbocycles. The third-order valence-electron chi connectivity index (χ3n) is 2.38. The molecule has 6 heteroatoms. The average molecular weight is 302 g/mol. The van der Waals surface area contributed by atoms with Crippen LogP contribution in [0.3, 0.4) is 0 Å². The maximum absolute atomic E-state index is 11.6. The predicted octanol–water partition coefficient (Wildman–Crippen LogP) is 1.87. The SMILES string of the molecule is C[C@@H](OC(=O)c1coc(Br)c1)C(=O)NC1CC1. The summed E-state index contributed by atoms with van der Waals surface area (Å²) in [4.78, 5) is 23.1. The number of hydrogen-bond acceptors (Lipinski definition) is 4. The van der Waals surface area contributed by atoms with Crippen LogP contribution >= 0.6 is 15.9 Å². The third-order valence-corrected chi connectivity index (χ3v) is 2.80. The van der Waals surface area contributed by atoms with E-state index in [9.17, 15) is 9.59 Å². The lowest BCUT2D eigenvalue weighted by molar-refractivity contribution is -0.129.